The van der Waals surface area contributed by atoms with E-state index in [-0.39, 0.29) is 5.97 Å². The summed E-state index contributed by atoms with van der Waals surface area (Å²) in [6.45, 7) is 6.16. The molecule has 0 aliphatic heterocycles. The minimum Gasteiger partial charge on any atom is -0.461 e. The number of rotatable bonds is 3. The van der Waals surface area contributed by atoms with Crippen LogP contribution in [0.5, 0.6) is 0 Å². The van der Waals surface area contributed by atoms with Gasteiger partial charge in [0.15, 0.2) is 0 Å². The molecular formula is C8H12N2O2S. The SMILES string of the molecule is CCOC(=O)c1nnc(C(C)C)s1. The maximum Gasteiger partial charge on any atom is 0.369 e. The molecule has 1 aromatic heterocycles. The summed E-state index contributed by atoms with van der Waals surface area (Å²) in [7, 11) is 0. The van der Waals surface area contributed by atoms with Gasteiger partial charge in [0, 0.05) is 5.92 Å². The van der Waals surface area contributed by atoms with E-state index in [9.17, 15) is 4.79 Å². The lowest BCUT2D eigenvalue weighted by Gasteiger charge is -1.95. The zero-order valence-electron chi connectivity index (χ0n) is 7.90. The molecule has 0 aliphatic rings. The van der Waals surface area contributed by atoms with Crippen molar-refractivity contribution in [3.63, 3.8) is 0 Å². The van der Waals surface area contributed by atoms with Gasteiger partial charge >= 0.3 is 5.97 Å². The predicted molar refractivity (Wildman–Crippen MR) is 50.0 cm³/mol. The molecule has 0 bridgehead atoms. The van der Waals surface area contributed by atoms with E-state index in [1.807, 2.05) is 13.8 Å². The molecule has 0 atom stereocenters. The van der Waals surface area contributed by atoms with Crippen molar-refractivity contribution in [3.05, 3.63) is 10.0 Å². The van der Waals surface area contributed by atoms with Crippen LogP contribution < -0.4 is 0 Å². The number of nitrogens with zero attached hydrogens (tertiary/aromatic N) is 2. The van der Waals surface area contributed by atoms with E-state index in [1.165, 1.54) is 11.3 Å². The average molecular weight is 200 g/mol. The van der Waals surface area contributed by atoms with E-state index in [4.69, 9.17) is 4.74 Å². The van der Waals surface area contributed by atoms with Crippen LogP contribution in [0.4, 0.5) is 0 Å². The summed E-state index contributed by atoms with van der Waals surface area (Å²) in [5.74, 6) is -0.0763. The third-order valence-corrected chi connectivity index (χ3v) is 2.59. The second kappa shape index (κ2) is 4.32. The second-order valence-corrected chi connectivity index (χ2v) is 3.83. The Balaban J connectivity index is 2.73. The Morgan fingerprint density at radius 3 is 2.69 bits per heavy atom. The first kappa shape index (κ1) is 10.1. The van der Waals surface area contributed by atoms with Crippen LogP contribution >= 0.6 is 11.3 Å². The largest absolute Gasteiger partial charge is 0.461 e. The molecule has 72 valence electrons. The molecule has 1 aromatic rings. The lowest BCUT2D eigenvalue weighted by Crippen LogP contribution is -2.03. The van der Waals surface area contributed by atoms with Gasteiger partial charge in [0.1, 0.15) is 5.01 Å². The first-order valence-corrected chi connectivity index (χ1v) is 4.97. The van der Waals surface area contributed by atoms with E-state index >= 15 is 0 Å². The fourth-order valence-electron chi connectivity index (χ4n) is 0.743. The molecule has 1 rings (SSSR count). The Hall–Kier alpha value is -0.970. The molecule has 0 fully saturated rings. The Morgan fingerprint density at radius 2 is 2.23 bits per heavy atom. The van der Waals surface area contributed by atoms with Crippen LogP contribution in [0.1, 0.15) is 41.5 Å². The normalized spacial score (nSPS) is 10.5. The molecule has 0 saturated heterocycles. The van der Waals surface area contributed by atoms with Gasteiger partial charge in [-0.05, 0) is 6.92 Å². The minimum atomic E-state index is -0.382. The monoisotopic (exact) mass is 200 g/mol. The Bertz CT molecular complexity index is 296. The van der Waals surface area contributed by atoms with Crippen molar-refractivity contribution in [1.82, 2.24) is 10.2 Å². The standard InChI is InChI=1S/C8H12N2O2S/c1-4-12-8(11)7-10-9-6(13-7)5(2)3/h5H,4H2,1-3H3. The summed E-state index contributed by atoms with van der Waals surface area (Å²) in [6, 6.07) is 0. The van der Waals surface area contributed by atoms with Crippen molar-refractivity contribution < 1.29 is 9.53 Å². The highest BCUT2D eigenvalue weighted by molar-refractivity contribution is 7.13. The van der Waals surface area contributed by atoms with Crippen molar-refractivity contribution in [1.29, 1.82) is 0 Å². The Morgan fingerprint density at radius 1 is 1.54 bits per heavy atom. The zero-order chi connectivity index (χ0) is 9.84. The van der Waals surface area contributed by atoms with Gasteiger partial charge in [0.2, 0.25) is 5.01 Å². The summed E-state index contributed by atoms with van der Waals surface area (Å²) < 4.78 is 4.79. The molecule has 0 aliphatic carbocycles. The third-order valence-electron chi connectivity index (χ3n) is 1.38. The number of carbonyl (C=O) groups excluding carboxylic acids is 1. The van der Waals surface area contributed by atoms with Crippen molar-refractivity contribution >= 4 is 17.3 Å². The quantitative estimate of drug-likeness (QED) is 0.698. The van der Waals surface area contributed by atoms with Crippen molar-refractivity contribution in [2.75, 3.05) is 6.61 Å². The first-order chi connectivity index (χ1) is 6.15. The van der Waals surface area contributed by atoms with Crippen LogP contribution in [0.3, 0.4) is 0 Å². The smallest absolute Gasteiger partial charge is 0.369 e. The molecule has 0 amide bonds. The highest BCUT2D eigenvalue weighted by Crippen LogP contribution is 2.19. The summed E-state index contributed by atoms with van der Waals surface area (Å²) in [6.07, 6.45) is 0. The van der Waals surface area contributed by atoms with Crippen molar-refractivity contribution in [2.45, 2.75) is 26.7 Å². The summed E-state index contributed by atoms with van der Waals surface area (Å²) in [4.78, 5) is 11.2. The predicted octanol–water partition coefficient (Wildman–Crippen LogP) is 1.84. The third kappa shape index (κ3) is 2.48. The maximum atomic E-state index is 11.2. The summed E-state index contributed by atoms with van der Waals surface area (Å²) in [5, 5.41) is 8.84. The summed E-state index contributed by atoms with van der Waals surface area (Å²) in [5.41, 5.74) is 0. The topological polar surface area (TPSA) is 52.1 Å². The van der Waals surface area contributed by atoms with E-state index in [1.54, 1.807) is 6.92 Å². The van der Waals surface area contributed by atoms with Crippen LogP contribution in [0, 0.1) is 0 Å². The van der Waals surface area contributed by atoms with Crippen LogP contribution in [0.2, 0.25) is 0 Å². The van der Waals surface area contributed by atoms with Gasteiger partial charge in [0.05, 0.1) is 6.61 Å². The molecule has 0 unspecified atom stereocenters. The molecule has 0 spiro atoms. The van der Waals surface area contributed by atoms with Crippen LogP contribution in [-0.4, -0.2) is 22.8 Å². The highest BCUT2D eigenvalue weighted by atomic mass is 32.1. The van der Waals surface area contributed by atoms with Gasteiger partial charge in [-0.3, -0.25) is 0 Å². The molecule has 0 aromatic carbocycles. The second-order valence-electron chi connectivity index (χ2n) is 2.82. The first-order valence-electron chi connectivity index (χ1n) is 4.15. The van der Waals surface area contributed by atoms with E-state index in [0.29, 0.717) is 17.5 Å². The van der Waals surface area contributed by atoms with Crippen LogP contribution in [-0.2, 0) is 4.74 Å². The molecule has 13 heavy (non-hydrogen) atoms. The molecule has 0 N–H and O–H groups in total. The Kier molecular flexibility index (Phi) is 3.36. The number of hydrogen-bond acceptors (Lipinski definition) is 5. The van der Waals surface area contributed by atoms with Crippen molar-refractivity contribution in [2.24, 2.45) is 0 Å². The fourth-order valence-corrected chi connectivity index (χ4v) is 1.48. The number of esters is 1. The highest BCUT2D eigenvalue weighted by Gasteiger charge is 2.14. The van der Waals surface area contributed by atoms with E-state index < -0.39 is 0 Å². The lowest BCUT2D eigenvalue weighted by molar-refractivity contribution is 0.0525. The zero-order valence-corrected chi connectivity index (χ0v) is 8.72. The molecule has 4 nitrogen and oxygen atoms in total. The maximum absolute atomic E-state index is 11.2. The number of carbonyl (C=O) groups is 1. The van der Waals surface area contributed by atoms with Gasteiger partial charge in [-0.2, -0.15) is 0 Å². The van der Waals surface area contributed by atoms with Crippen LogP contribution in [0.15, 0.2) is 0 Å². The van der Waals surface area contributed by atoms with Gasteiger partial charge in [0.25, 0.3) is 0 Å². The number of hydrogen-bond donors (Lipinski definition) is 0. The van der Waals surface area contributed by atoms with Gasteiger partial charge in [-0.1, -0.05) is 25.2 Å². The Labute approximate surface area is 80.9 Å². The average Bonchev–Trinajstić information content (AvgIpc) is 2.52. The van der Waals surface area contributed by atoms with Gasteiger partial charge < -0.3 is 4.74 Å². The minimum absolute atomic E-state index is 0.306. The van der Waals surface area contributed by atoms with Gasteiger partial charge in [-0.15, -0.1) is 10.2 Å². The molecule has 0 saturated carbocycles. The summed E-state index contributed by atoms with van der Waals surface area (Å²) >= 11 is 1.29. The number of ether oxygens (including phenoxy) is 1. The number of aromatic nitrogens is 2. The van der Waals surface area contributed by atoms with E-state index in [2.05, 4.69) is 10.2 Å². The van der Waals surface area contributed by atoms with Crippen LogP contribution in [0.25, 0.3) is 0 Å². The lowest BCUT2D eigenvalue weighted by atomic mass is 10.2. The molecule has 5 heteroatoms. The fraction of sp³-hybridized carbons (Fsp3) is 0.625. The molecular weight excluding hydrogens is 188 g/mol. The molecule has 0 radical (unpaired) electrons. The van der Waals surface area contributed by atoms with Crippen molar-refractivity contribution in [3.8, 4) is 0 Å². The van der Waals surface area contributed by atoms with Gasteiger partial charge in [-0.25, -0.2) is 4.79 Å². The van der Waals surface area contributed by atoms with E-state index in [0.717, 1.165) is 5.01 Å². The molecule has 1 heterocycles.